The van der Waals surface area contributed by atoms with Gasteiger partial charge in [0.1, 0.15) is 0 Å². The van der Waals surface area contributed by atoms with E-state index in [4.69, 9.17) is 10.2 Å². The summed E-state index contributed by atoms with van der Waals surface area (Å²) in [7, 11) is 0. The second-order valence-corrected chi connectivity index (χ2v) is 1.35. The molecule has 0 aliphatic rings. The lowest BCUT2D eigenvalue weighted by Crippen LogP contribution is -1.83. The van der Waals surface area contributed by atoms with E-state index in [1.165, 1.54) is 12.2 Å². The molecule has 0 aromatic carbocycles. The molecule has 46 valence electrons. The number of allylic oxidation sites excluding steroid dienone is 2. The third-order valence-corrected chi connectivity index (χ3v) is 0.809. The lowest BCUT2D eigenvalue weighted by Gasteiger charge is -1.92. The van der Waals surface area contributed by atoms with Crippen LogP contribution in [0.1, 0.15) is 13.8 Å². The van der Waals surface area contributed by atoms with Gasteiger partial charge in [-0.05, 0) is 26.0 Å². The maximum Gasteiger partial charge on any atom is 0.152 e. The van der Waals surface area contributed by atoms with E-state index in [1.807, 2.05) is 0 Å². The van der Waals surface area contributed by atoms with E-state index in [9.17, 15) is 0 Å². The van der Waals surface area contributed by atoms with Gasteiger partial charge in [0.25, 0.3) is 0 Å². The van der Waals surface area contributed by atoms with E-state index >= 15 is 0 Å². The number of rotatable bonds is 1. The summed E-state index contributed by atoms with van der Waals surface area (Å²) >= 11 is 0. The smallest absolute Gasteiger partial charge is 0.152 e. The molecule has 0 saturated heterocycles. The Kier molecular flexibility index (Phi) is 2.77. The fraction of sp³-hybridized carbons (Fsp3) is 0.333. The molecule has 0 amide bonds. The van der Waals surface area contributed by atoms with Crippen molar-refractivity contribution in [1.29, 1.82) is 0 Å². The summed E-state index contributed by atoms with van der Waals surface area (Å²) in [5.41, 5.74) is 0. The number of hydrogen-bond acceptors (Lipinski definition) is 2. The van der Waals surface area contributed by atoms with Crippen LogP contribution in [0.5, 0.6) is 0 Å². The van der Waals surface area contributed by atoms with Crippen LogP contribution in [0.25, 0.3) is 0 Å². The molecule has 0 radical (unpaired) electrons. The highest BCUT2D eigenvalue weighted by Gasteiger charge is 1.92. The molecule has 8 heavy (non-hydrogen) atoms. The van der Waals surface area contributed by atoms with Gasteiger partial charge in [0.2, 0.25) is 0 Å². The van der Waals surface area contributed by atoms with Crippen LogP contribution in [0.2, 0.25) is 0 Å². The van der Waals surface area contributed by atoms with Crippen molar-refractivity contribution in [2.75, 3.05) is 0 Å². The van der Waals surface area contributed by atoms with Crippen molar-refractivity contribution < 1.29 is 10.2 Å². The van der Waals surface area contributed by atoms with E-state index in [2.05, 4.69) is 0 Å². The van der Waals surface area contributed by atoms with Crippen LogP contribution < -0.4 is 0 Å². The third kappa shape index (κ3) is 1.69. The van der Waals surface area contributed by atoms with E-state index in [0.717, 1.165) is 0 Å². The van der Waals surface area contributed by atoms with Crippen molar-refractivity contribution in [3.8, 4) is 0 Å². The summed E-state index contributed by atoms with van der Waals surface area (Å²) in [6.07, 6.45) is 2.85. The van der Waals surface area contributed by atoms with Crippen molar-refractivity contribution in [3.05, 3.63) is 23.7 Å². The van der Waals surface area contributed by atoms with Gasteiger partial charge in [-0.1, -0.05) is 0 Å². The van der Waals surface area contributed by atoms with Gasteiger partial charge in [0, 0.05) is 0 Å². The minimum Gasteiger partial charge on any atom is -0.504 e. The molecule has 2 N–H and O–H groups in total. The molecule has 0 fully saturated rings. The van der Waals surface area contributed by atoms with Crippen molar-refractivity contribution in [2.45, 2.75) is 13.8 Å². The van der Waals surface area contributed by atoms with Crippen LogP contribution >= 0.6 is 0 Å². The van der Waals surface area contributed by atoms with Gasteiger partial charge in [-0.3, -0.25) is 0 Å². The van der Waals surface area contributed by atoms with Crippen LogP contribution in [0.4, 0.5) is 0 Å². The van der Waals surface area contributed by atoms with Gasteiger partial charge in [0.15, 0.2) is 11.5 Å². The van der Waals surface area contributed by atoms with Crippen molar-refractivity contribution in [2.24, 2.45) is 0 Å². The third-order valence-electron chi connectivity index (χ3n) is 0.809. The molecule has 0 saturated carbocycles. The van der Waals surface area contributed by atoms with E-state index in [1.54, 1.807) is 13.8 Å². The number of aliphatic hydroxyl groups is 2. The summed E-state index contributed by atoms with van der Waals surface area (Å²) in [6.45, 7) is 3.30. The predicted molar refractivity (Wildman–Crippen MR) is 32.8 cm³/mol. The maximum absolute atomic E-state index is 8.67. The molecule has 0 unspecified atom stereocenters. The van der Waals surface area contributed by atoms with E-state index < -0.39 is 0 Å². The van der Waals surface area contributed by atoms with Crippen LogP contribution in [0, 0.1) is 0 Å². The van der Waals surface area contributed by atoms with Crippen LogP contribution in [0.3, 0.4) is 0 Å². The quantitative estimate of drug-likeness (QED) is 0.404. The Morgan fingerprint density at radius 2 is 1.25 bits per heavy atom. The second-order valence-electron chi connectivity index (χ2n) is 1.35. The first-order valence-corrected chi connectivity index (χ1v) is 2.43. The highest BCUT2D eigenvalue weighted by atomic mass is 16.3. The standard InChI is InChI=1S/C6H10O2/c1-3-5(7)6(8)4-2/h3-4,7-8H,1-2H3/b5-3+,6-4+. The molecule has 2 heteroatoms. The SMILES string of the molecule is C/C=C(O)\C(O)=C/C. The highest BCUT2D eigenvalue weighted by molar-refractivity contribution is 5.15. The van der Waals surface area contributed by atoms with Crippen LogP contribution in [0.15, 0.2) is 23.7 Å². The largest absolute Gasteiger partial charge is 0.504 e. The number of aliphatic hydroxyl groups excluding tert-OH is 2. The summed E-state index contributed by atoms with van der Waals surface area (Å²) in [6, 6.07) is 0. The Labute approximate surface area is 48.8 Å². The van der Waals surface area contributed by atoms with Crippen LogP contribution in [-0.2, 0) is 0 Å². The zero-order chi connectivity index (χ0) is 6.57. The summed E-state index contributed by atoms with van der Waals surface area (Å²) < 4.78 is 0. The Hall–Kier alpha value is -0.920. The molecule has 0 aromatic rings. The minimum absolute atomic E-state index is 0.0764. The minimum atomic E-state index is -0.0764. The van der Waals surface area contributed by atoms with Gasteiger partial charge in [-0.2, -0.15) is 0 Å². The molecule has 2 nitrogen and oxygen atoms in total. The average Bonchev–Trinajstić information content (AvgIpc) is 1.84. The molecule has 0 rings (SSSR count). The Morgan fingerprint density at radius 3 is 1.38 bits per heavy atom. The zero-order valence-electron chi connectivity index (χ0n) is 5.05. The average molecular weight is 114 g/mol. The molecule has 0 atom stereocenters. The summed E-state index contributed by atoms with van der Waals surface area (Å²) in [5, 5.41) is 17.3. The van der Waals surface area contributed by atoms with E-state index in [-0.39, 0.29) is 11.5 Å². The van der Waals surface area contributed by atoms with Gasteiger partial charge < -0.3 is 10.2 Å². The predicted octanol–water partition coefficient (Wildman–Crippen LogP) is 1.91. The van der Waals surface area contributed by atoms with Gasteiger partial charge in [-0.25, -0.2) is 0 Å². The van der Waals surface area contributed by atoms with Crippen molar-refractivity contribution in [1.82, 2.24) is 0 Å². The molecular formula is C6H10O2. The fourth-order valence-electron chi connectivity index (χ4n) is 0.296. The Morgan fingerprint density at radius 1 is 1.00 bits per heavy atom. The maximum atomic E-state index is 8.67. The second kappa shape index (κ2) is 3.13. The monoisotopic (exact) mass is 114 g/mol. The van der Waals surface area contributed by atoms with Gasteiger partial charge in [0.05, 0.1) is 0 Å². The molecule has 0 spiro atoms. The molecule has 0 aromatic heterocycles. The topological polar surface area (TPSA) is 40.5 Å². The number of hydrogen-bond donors (Lipinski definition) is 2. The van der Waals surface area contributed by atoms with Gasteiger partial charge >= 0.3 is 0 Å². The Bertz CT molecular complexity index is 106. The lowest BCUT2D eigenvalue weighted by molar-refractivity contribution is 0.325. The molecule has 0 heterocycles. The van der Waals surface area contributed by atoms with Gasteiger partial charge in [-0.15, -0.1) is 0 Å². The first-order valence-electron chi connectivity index (χ1n) is 2.43. The molecule has 0 aliphatic heterocycles. The lowest BCUT2D eigenvalue weighted by atomic mass is 10.4. The first kappa shape index (κ1) is 7.08. The first-order chi connectivity index (χ1) is 3.72. The molecule has 0 aliphatic carbocycles. The summed E-state index contributed by atoms with van der Waals surface area (Å²) in [4.78, 5) is 0. The Balaban J connectivity index is 4.04. The molecule has 0 bridgehead atoms. The van der Waals surface area contributed by atoms with Crippen molar-refractivity contribution >= 4 is 0 Å². The fourth-order valence-corrected chi connectivity index (χ4v) is 0.296. The van der Waals surface area contributed by atoms with Crippen molar-refractivity contribution in [3.63, 3.8) is 0 Å². The highest BCUT2D eigenvalue weighted by Crippen LogP contribution is 1.99. The normalized spacial score (nSPS) is 14.2. The zero-order valence-corrected chi connectivity index (χ0v) is 5.05. The summed E-state index contributed by atoms with van der Waals surface area (Å²) in [5.74, 6) is -0.153. The van der Waals surface area contributed by atoms with Crippen LogP contribution in [-0.4, -0.2) is 10.2 Å². The van der Waals surface area contributed by atoms with E-state index in [0.29, 0.717) is 0 Å². The molecular weight excluding hydrogens is 104 g/mol.